The average Bonchev–Trinajstić information content (AvgIpc) is 3.10. The van der Waals surface area contributed by atoms with Gasteiger partial charge in [0.15, 0.2) is 0 Å². The Kier molecular flexibility index (Phi) is 7.33. The second kappa shape index (κ2) is 10.4. The van der Waals surface area contributed by atoms with Crippen LogP contribution in [-0.2, 0) is 11.3 Å². The molecule has 34 heavy (non-hydrogen) atoms. The molecular weight excluding hydrogens is 468 g/mol. The summed E-state index contributed by atoms with van der Waals surface area (Å²) in [6.45, 7) is 5.05. The number of fused-ring (bicyclic) bond motifs is 1. The standard InChI is InChI=1S/C25H26N4O3S2/c1-4-5-12-26-21-19(23(30)28-13-6-7-16(2)22(28)27-21)14-20-24(31)29(25(33)34-20)15-17-8-10-18(32-3)11-9-17/h6-11,13-14,26H,4-5,12,15H2,1-3H3. The van der Waals surface area contributed by atoms with E-state index < -0.39 is 0 Å². The van der Waals surface area contributed by atoms with Gasteiger partial charge in [0, 0.05) is 12.7 Å². The van der Waals surface area contributed by atoms with Gasteiger partial charge in [-0.25, -0.2) is 4.98 Å². The first kappa shape index (κ1) is 24.0. The van der Waals surface area contributed by atoms with E-state index in [9.17, 15) is 9.59 Å². The molecular formula is C25H26N4O3S2. The summed E-state index contributed by atoms with van der Waals surface area (Å²) in [5.41, 5.74) is 2.55. The highest BCUT2D eigenvalue weighted by Gasteiger charge is 2.32. The molecule has 0 aliphatic carbocycles. The van der Waals surface area contributed by atoms with Crippen molar-refractivity contribution in [3.05, 3.63) is 74.5 Å². The van der Waals surface area contributed by atoms with Gasteiger partial charge in [0.05, 0.1) is 24.1 Å². The Morgan fingerprint density at radius 1 is 1.21 bits per heavy atom. The molecule has 1 amide bonds. The van der Waals surface area contributed by atoms with Crippen molar-refractivity contribution in [3.8, 4) is 5.75 Å². The van der Waals surface area contributed by atoms with Crippen LogP contribution in [0.4, 0.5) is 5.82 Å². The number of hydrogen-bond donors (Lipinski definition) is 1. The van der Waals surface area contributed by atoms with Crippen molar-refractivity contribution in [1.82, 2.24) is 14.3 Å². The summed E-state index contributed by atoms with van der Waals surface area (Å²) in [6, 6.07) is 11.2. The maximum Gasteiger partial charge on any atom is 0.267 e. The molecule has 1 saturated heterocycles. The largest absolute Gasteiger partial charge is 0.497 e. The molecule has 1 N–H and O–H groups in total. The molecule has 1 aromatic carbocycles. The third-order valence-electron chi connectivity index (χ3n) is 5.56. The average molecular weight is 495 g/mol. The van der Waals surface area contributed by atoms with Crippen LogP contribution in [0.25, 0.3) is 11.7 Å². The van der Waals surface area contributed by atoms with Gasteiger partial charge < -0.3 is 10.1 Å². The summed E-state index contributed by atoms with van der Waals surface area (Å²) in [5.74, 6) is 1.00. The highest BCUT2D eigenvalue weighted by molar-refractivity contribution is 8.26. The predicted octanol–water partition coefficient (Wildman–Crippen LogP) is 4.62. The summed E-state index contributed by atoms with van der Waals surface area (Å²) >= 11 is 6.69. The van der Waals surface area contributed by atoms with Crippen molar-refractivity contribution >= 4 is 51.7 Å². The lowest BCUT2D eigenvalue weighted by molar-refractivity contribution is -0.122. The number of anilines is 1. The van der Waals surface area contributed by atoms with Gasteiger partial charge in [-0.1, -0.05) is 55.5 Å². The number of nitrogens with one attached hydrogen (secondary N) is 1. The number of pyridine rings is 1. The van der Waals surface area contributed by atoms with Crippen LogP contribution < -0.4 is 15.6 Å². The first-order valence-corrected chi connectivity index (χ1v) is 12.3. The monoisotopic (exact) mass is 494 g/mol. The Morgan fingerprint density at radius 3 is 2.68 bits per heavy atom. The second-order valence-corrected chi connectivity index (χ2v) is 9.64. The van der Waals surface area contributed by atoms with Gasteiger partial charge in [-0.3, -0.25) is 18.9 Å². The lowest BCUT2D eigenvalue weighted by atomic mass is 10.2. The number of aryl methyl sites for hydroxylation is 1. The molecule has 2 aromatic heterocycles. The topological polar surface area (TPSA) is 75.9 Å². The first-order valence-electron chi connectivity index (χ1n) is 11.1. The number of rotatable bonds is 8. The fraction of sp³-hybridized carbons (Fsp3) is 0.280. The van der Waals surface area contributed by atoms with E-state index in [1.165, 1.54) is 16.2 Å². The summed E-state index contributed by atoms with van der Waals surface area (Å²) in [6.07, 6.45) is 5.27. The molecule has 0 atom stereocenters. The molecule has 9 heteroatoms. The van der Waals surface area contributed by atoms with Gasteiger partial charge in [-0.05, 0) is 48.7 Å². The maximum atomic E-state index is 13.4. The highest BCUT2D eigenvalue weighted by atomic mass is 32.2. The summed E-state index contributed by atoms with van der Waals surface area (Å²) in [7, 11) is 1.61. The van der Waals surface area contributed by atoms with E-state index in [0.29, 0.717) is 39.3 Å². The minimum absolute atomic E-state index is 0.223. The molecule has 1 aliphatic heterocycles. The van der Waals surface area contributed by atoms with Gasteiger partial charge in [-0.2, -0.15) is 0 Å². The fourth-order valence-corrected chi connectivity index (χ4v) is 4.88. The van der Waals surface area contributed by atoms with Crippen molar-refractivity contribution in [2.24, 2.45) is 0 Å². The van der Waals surface area contributed by atoms with E-state index in [4.69, 9.17) is 21.9 Å². The lowest BCUT2D eigenvalue weighted by Gasteiger charge is -2.15. The number of methoxy groups -OCH3 is 1. The van der Waals surface area contributed by atoms with Gasteiger partial charge in [0.2, 0.25) is 0 Å². The molecule has 1 aliphatic rings. The van der Waals surface area contributed by atoms with Crippen molar-refractivity contribution in [2.45, 2.75) is 33.2 Å². The van der Waals surface area contributed by atoms with Crippen LogP contribution in [0.2, 0.25) is 0 Å². The second-order valence-electron chi connectivity index (χ2n) is 7.96. The molecule has 0 saturated carbocycles. The van der Waals surface area contributed by atoms with Crippen molar-refractivity contribution in [2.75, 3.05) is 19.0 Å². The number of thiocarbonyl (C=S) groups is 1. The number of thioether (sulfide) groups is 1. The van der Waals surface area contributed by atoms with E-state index in [2.05, 4.69) is 12.2 Å². The third-order valence-corrected chi connectivity index (χ3v) is 6.93. The number of ether oxygens (including phenoxy) is 1. The summed E-state index contributed by atoms with van der Waals surface area (Å²) < 4.78 is 7.17. The molecule has 1 fully saturated rings. The molecule has 7 nitrogen and oxygen atoms in total. The smallest absolute Gasteiger partial charge is 0.267 e. The van der Waals surface area contributed by atoms with Crippen molar-refractivity contribution in [1.29, 1.82) is 0 Å². The Balaban J connectivity index is 1.70. The SMILES string of the molecule is CCCCNc1nc2c(C)cccn2c(=O)c1C=C1SC(=S)N(Cc2ccc(OC)cc2)C1=O. The van der Waals surface area contributed by atoms with E-state index in [1.807, 2.05) is 43.3 Å². The molecule has 0 spiro atoms. The molecule has 176 valence electrons. The van der Waals surface area contributed by atoms with E-state index >= 15 is 0 Å². The zero-order valence-corrected chi connectivity index (χ0v) is 21.0. The Hall–Kier alpha value is -3.17. The van der Waals surface area contributed by atoms with Crippen LogP contribution in [0.5, 0.6) is 5.75 Å². The molecule has 3 heterocycles. The van der Waals surface area contributed by atoms with E-state index in [0.717, 1.165) is 29.7 Å². The maximum absolute atomic E-state index is 13.4. The Morgan fingerprint density at radius 2 is 1.97 bits per heavy atom. The van der Waals surface area contributed by atoms with Crippen LogP contribution >= 0.6 is 24.0 Å². The van der Waals surface area contributed by atoms with Gasteiger partial charge >= 0.3 is 0 Å². The molecule has 0 unspecified atom stereocenters. The zero-order chi connectivity index (χ0) is 24.2. The van der Waals surface area contributed by atoms with Crippen LogP contribution in [0.15, 0.2) is 52.3 Å². The number of amides is 1. The molecule has 0 bridgehead atoms. The normalized spacial score (nSPS) is 14.9. The van der Waals surface area contributed by atoms with Crippen LogP contribution in [0, 0.1) is 6.92 Å². The van der Waals surface area contributed by atoms with Crippen molar-refractivity contribution < 1.29 is 9.53 Å². The number of nitrogens with zero attached hydrogens (tertiary/aromatic N) is 3. The molecule has 4 rings (SSSR count). The van der Waals surface area contributed by atoms with E-state index in [1.54, 1.807) is 24.3 Å². The number of benzene rings is 1. The Labute approximate surface area is 207 Å². The van der Waals surface area contributed by atoms with Gasteiger partial charge in [-0.15, -0.1) is 0 Å². The van der Waals surface area contributed by atoms with Crippen molar-refractivity contribution in [3.63, 3.8) is 0 Å². The van der Waals surface area contributed by atoms with Crippen LogP contribution in [-0.4, -0.2) is 38.2 Å². The number of carbonyl (C=O) groups is 1. The number of hydrogen-bond acceptors (Lipinski definition) is 7. The lowest BCUT2D eigenvalue weighted by Crippen LogP contribution is -2.27. The summed E-state index contributed by atoms with van der Waals surface area (Å²) in [4.78, 5) is 33.3. The van der Waals surface area contributed by atoms with Gasteiger partial charge in [0.25, 0.3) is 11.5 Å². The molecule has 3 aromatic rings. The van der Waals surface area contributed by atoms with Gasteiger partial charge in [0.1, 0.15) is 21.5 Å². The number of unbranched alkanes of at least 4 members (excludes halogenated alkanes) is 1. The predicted molar refractivity (Wildman–Crippen MR) is 141 cm³/mol. The number of carbonyl (C=O) groups excluding carboxylic acids is 1. The minimum Gasteiger partial charge on any atom is -0.497 e. The quantitative estimate of drug-likeness (QED) is 0.278. The third kappa shape index (κ3) is 4.85. The number of aromatic nitrogens is 2. The summed E-state index contributed by atoms with van der Waals surface area (Å²) in [5, 5.41) is 3.29. The van der Waals surface area contributed by atoms with Crippen LogP contribution in [0.3, 0.4) is 0 Å². The van der Waals surface area contributed by atoms with Crippen LogP contribution in [0.1, 0.15) is 36.5 Å². The minimum atomic E-state index is -0.229. The first-order chi connectivity index (χ1) is 16.4. The zero-order valence-electron chi connectivity index (χ0n) is 19.3. The highest BCUT2D eigenvalue weighted by Crippen LogP contribution is 2.34. The fourth-order valence-electron chi connectivity index (χ4n) is 3.64. The van der Waals surface area contributed by atoms with E-state index in [-0.39, 0.29) is 11.5 Å². The Bertz CT molecular complexity index is 1330. The molecule has 0 radical (unpaired) electrons.